The van der Waals surface area contributed by atoms with Crippen LogP contribution in [0.5, 0.6) is 0 Å². The van der Waals surface area contributed by atoms with Crippen LogP contribution in [0.4, 0.5) is 0 Å². The first kappa shape index (κ1) is 8.68. The first-order valence-corrected chi connectivity index (χ1v) is 4.27. The fraction of sp³-hybridized carbons (Fsp3) is 0.143. The number of nitrogens with zero attached hydrogens (tertiary/aromatic N) is 1. The van der Waals surface area contributed by atoms with Crippen LogP contribution in [0.15, 0.2) is 22.8 Å². The second-order valence-electron chi connectivity index (χ2n) is 1.92. The Morgan fingerprint density at radius 1 is 1.64 bits per heavy atom. The quantitative estimate of drug-likeness (QED) is 0.580. The molecule has 1 aromatic rings. The molecule has 1 aromatic heterocycles. The van der Waals surface area contributed by atoms with Crippen molar-refractivity contribution in [2.75, 3.05) is 5.88 Å². The van der Waals surface area contributed by atoms with Crippen molar-refractivity contribution in [3.8, 4) is 0 Å². The summed E-state index contributed by atoms with van der Waals surface area (Å²) in [7, 11) is 0. The van der Waals surface area contributed by atoms with E-state index < -0.39 is 0 Å². The highest BCUT2D eigenvalue weighted by Crippen LogP contribution is 2.07. The molecule has 0 aromatic carbocycles. The molecule has 0 atom stereocenters. The smallest absolute Gasteiger partial charge is 0.195 e. The van der Waals surface area contributed by atoms with Crippen LogP contribution in [0, 0.1) is 0 Å². The second kappa shape index (κ2) is 3.83. The number of halogens is 2. The van der Waals surface area contributed by atoms with Gasteiger partial charge in [-0.3, -0.25) is 9.78 Å². The summed E-state index contributed by atoms with van der Waals surface area (Å²) >= 11 is 8.53. The van der Waals surface area contributed by atoms with Crippen molar-refractivity contribution in [3.63, 3.8) is 0 Å². The third-order valence-electron chi connectivity index (χ3n) is 1.13. The summed E-state index contributed by atoms with van der Waals surface area (Å²) in [5, 5.41) is 0. The molecule has 0 fully saturated rings. The van der Waals surface area contributed by atoms with Gasteiger partial charge in [0.05, 0.1) is 5.88 Å². The Morgan fingerprint density at radius 3 is 2.82 bits per heavy atom. The van der Waals surface area contributed by atoms with E-state index in [0.29, 0.717) is 5.69 Å². The van der Waals surface area contributed by atoms with Gasteiger partial charge in [0, 0.05) is 10.7 Å². The predicted octanol–water partition coefficient (Wildman–Crippen LogP) is 2.27. The van der Waals surface area contributed by atoms with E-state index in [1.165, 1.54) is 0 Å². The summed E-state index contributed by atoms with van der Waals surface area (Å²) in [4.78, 5) is 14.8. The Morgan fingerprint density at radius 2 is 2.36 bits per heavy atom. The van der Waals surface area contributed by atoms with Crippen LogP contribution < -0.4 is 0 Å². The SMILES string of the molecule is O=C(CCl)c1ccc(Br)cn1. The first-order valence-electron chi connectivity index (χ1n) is 2.95. The Kier molecular flexibility index (Phi) is 3.02. The van der Waals surface area contributed by atoms with Crippen molar-refractivity contribution >= 4 is 33.3 Å². The summed E-state index contributed by atoms with van der Waals surface area (Å²) in [6.07, 6.45) is 1.57. The molecule has 0 N–H and O–H groups in total. The number of Topliss-reactive ketones (excluding diaryl/α,β-unsaturated/α-hetero) is 1. The van der Waals surface area contributed by atoms with Gasteiger partial charge in [0.25, 0.3) is 0 Å². The molecule has 1 heterocycles. The highest BCUT2D eigenvalue weighted by Gasteiger charge is 2.03. The third-order valence-corrected chi connectivity index (χ3v) is 1.85. The molecule has 0 unspecified atom stereocenters. The zero-order valence-electron chi connectivity index (χ0n) is 5.55. The van der Waals surface area contributed by atoms with E-state index in [9.17, 15) is 4.79 Å². The minimum atomic E-state index is -0.154. The molecule has 0 aliphatic rings. The summed E-state index contributed by atoms with van der Waals surface area (Å²) in [5.74, 6) is -0.173. The van der Waals surface area contributed by atoms with Gasteiger partial charge >= 0.3 is 0 Å². The van der Waals surface area contributed by atoms with Gasteiger partial charge in [-0.25, -0.2) is 0 Å². The largest absolute Gasteiger partial charge is 0.291 e. The monoisotopic (exact) mass is 233 g/mol. The number of ketones is 1. The lowest BCUT2D eigenvalue weighted by atomic mass is 10.3. The van der Waals surface area contributed by atoms with Crippen LogP contribution in [0.25, 0.3) is 0 Å². The van der Waals surface area contributed by atoms with Crippen molar-refractivity contribution in [1.29, 1.82) is 0 Å². The molecule has 0 aliphatic carbocycles. The number of carbonyl (C=O) groups excluding carboxylic acids is 1. The molecule has 11 heavy (non-hydrogen) atoms. The van der Waals surface area contributed by atoms with Gasteiger partial charge < -0.3 is 0 Å². The maximum absolute atomic E-state index is 10.9. The van der Waals surface area contributed by atoms with Gasteiger partial charge in [-0.2, -0.15) is 0 Å². The van der Waals surface area contributed by atoms with E-state index in [1.807, 2.05) is 0 Å². The van der Waals surface area contributed by atoms with Gasteiger partial charge in [-0.15, -0.1) is 11.6 Å². The summed E-state index contributed by atoms with van der Waals surface area (Å²) in [6, 6.07) is 3.39. The number of aromatic nitrogens is 1. The average Bonchev–Trinajstić information content (AvgIpc) is 2.05. The minimum absolute atomic E-state index is 0.0192. The lowest BCUT2D eigenvalue weighted by Gasteiger charge is -1.94. The van der Waals surface area contributed by atoms with E-state index >= 15 is 0 Å². The zero-order valence-corrected chi connectivity index (χ0v) is 7.89. The number of rotatable bonds is 2. The van der Waals surface area contributed by atoms with Crippen molar-refractivity contribution in [2.45, 2.75) is 0 Å². The van der Waals surface area contributed by atoms with E-state index in [2.05, 4.69) is 20.9 Å². The minimum Gasteiger partial charge on any atom is -0.291 e. The van der Waals surface area contributed by atoms with E-state index in [-0.39, 0.29) is 11.7 Å². The Labute approximate surface area is 77.7 Å². The fourth-order valence-electron chi connectivity index (χ4n) is 0.609. The van der Waals surface area contributed by atoms with Gasteiger partial charge in [0.2, 0.25) is 0 Å². The lowest BCUT2D eigenvalue weighted by molar-refractivity contribution is 0.101. The van der Waals surface area contributed by atoms with E-state index in [0.717, 1.165) is 4.47 Å². The van der Waals surface area contributed by atoms with Gasteiger partial charge in [0.15, 0.2) is 5.78 Å². The molecule has 4 heteroatoms. The molecular weight excluding hydrogens is 229 g/mol. The van der Waals surface area contributed by atoms with Gasteiger partial charge in [0.1, 0.15) is 5.69 Å². The molecule has 1 rings (SSSR count). The molecule has 0 radical (unpaired) electrons. The number of alkyl halides is 1. The molecule has 0 spiro atoms. The lowest BCUT2D eigenvalue weighted by Crippen LogP contribution is -2.02. The topological polar surface area (TPSA) is 30.0 Å². The second-order valence-corrected chi connectivity index (χ2v) is 3.10. The van der Waals surface area contributed by atoms with Crippen LogP contribution in [-0.2, 0) is 0 Å². The molecule has 0 amide bonds. The van der Waals surface area contributed by atoms with Crippen LogP contribution >= 0.6 is 27.5 Å². The molecule has 0 saturated heterocycles. The average molecular weight is 234 g/mol. The number of hydrogen-bond acceptors (Lipinski definition) is 2. The standard InChI is InChI=1S/C7H5BrClNO/c8-5-1-2-6(10-4-5)7(11)3-9/h1-2,4H,3H2. The molecule has 0 bridgehead atoms. The van der Waals surface area contributed by atoms with Crippen molar-refractivity contribution < 1.29 is 4.79 Å². The normalized spacial score (nSPS) is 9.64. The third kappa shape index (κ3) is 2.27. The molecule has 2 nitrogen and oxygen atoms in total. The first-order chi connectivity index (χ1) is 5.24. The van der Waals surface area contributed by atoms with Crippen LogP contribution in [0.2, 0.25) is 0 Å². The number of hydrogen-bond donors (Lipinski definition) is 0. The van der Waals surface area contributed by atoms with Crippen molar-refractivity contribution in [3.05, 3.63) is 28.5 Å². The van der Waals surface area contributed by atoms with Gasteiger partial charge in [-0.1, -0.05) is 0 Å². The highest BCUT2D eigenvalue weighted by atomic mass is 79.9. The van der Waals surface area contributed by atoms with Crippen LogP contribution in [0.3, 0.4) is 0 Å². The Balaban J connectivity index is 2.90. The van der Waals surface area contributed by atoms with Crippen molar-refractivity contribution in [2.24, 2.45) is 0 Å². The van der Waals surface area contributed by atoms with E-state index in [4.69, 9.17) is 11.6 Å². The summed E-state index contributed by atoms with van der Waals surface area (Å²) < 4.78 is 0.851. The van der Waals surface area contributed by atoms with Gasteiger partial charge in [-0.05, 0) is 28.1 Å². The number of pyridine rings is 1. The molecule has 58 valence electrons. The van der Waals surface area contributed by atoms with Crippen LogP contribution in [-0.4, -0.2) is 16.6 Å². The Bertz CT molecular complexity index is 260. The Hall–Kier alpha value is -0.410. The summed E-state index contributed by atoms with van der Waals surface area (Å²) in [5.41, 5.74) is 0.406. The highest BCUT2D eigenvalue weighted by molar-refractivity contribution is 9.10. The zero-order chi connectivity index (χ0) is 8.27. The molecule has 0 saturated carbocycles. The number of carbonyl (C=O) groups is 1. The molecular formula is C7H5BrClNO. The molecule has 0 aliphatic heterocycles. The predicted molar refractivity (Wildman–Crippen MR) is 47.0 cm³/mol. The summed E-state index contributed by atoms with van der Waals surface area (Å²) in [6.45, 7) is 0. The van der Waals surface area contributed by atoms with E-state index in [1.54, 1.807) is 18.3 Å². The maximum atomic E-state index is 10.9. The fourth-order valence-corrected chi connectivity index (χ4v) is 0.981. The van der Waals surface area contributed by atoms with Crippen LogP contribution in [0.1, 0.15) is 10.5 Å². The maximum Gasteiger partial charge on any atom is 0.195 e. The van der Waals surface area contributed by atoms with Crippen molar-refractivity contribution in [1.82, 2.24) is 4.98 Å².